The second kappa shape index (κ2) is 6.21. The third kappa shape index (κ3) is 3.10. The summed E-state index contributed by atoms with van der Waals surface area (Å²) in [7, 11) is 1.54. The van der Waals surface area contributed by atoms with Crippen molar-refractivity contribution in [3.63, 3.8) is 0 Å². The van der Waals surface area contributed by atoms with Crippen LogP contribution < -0.4 is 16.0 Å². The van der Waals surface area contributed by atoms with Gasteiger partial charge < -0.3 is 10.5 Å². The third-order valence-corrected chi connectivity index (χ3v) is 2.98. The van der Waals surface area contributed by atoms with Gasteiger partial charge in [0, 0.05) is 12.6 Å². The van der Waals surface area contributed by atoms with Crippen LogP contribution in [0.5, 0.6) is 5.75 Å². The summed E-state index contributed by atoms with van der Waals surface area (Å²) < 4.78 is 6.88. The van der Waals surface area contributed by atoms with Gasteiger partial charge in [0.2, 0.25) is 0 Å². The largest absolute Gasteiger partial charge is 0.493 e. The molecular formula is C15H18N4O2. The molecule has 6 heteroatoms. The SMILES string of the molecule is CCCOc1ccccc1-c1cc(C(=N)N)c(=O)n(C)n1. The zero-order valence-electron chi connectivity index (χ0n) is 12.1. The van der Waals surface area contributed by atoms with E-state index < -0.39 is 5.56 Å². The lowest BCUT2D eigenvalue weighted by atomic mass is 10.1. The average molecular weight is 286 g/mol. The zero-order chi connectivity index (χ0) is 15.4. The Morgan fingerprint density at radius 2 is 2.14 bits per heavy atom. The highest BCUT2D eigenvalue weighted by molar-refractivity contribution is 5.95. The number of nitrogens with one attached hydrogen (secondary N) is 1. The predicted octanol–water partition coefficient (Wildman–Crippen LogP) is 1.52. The first kappa shape index (κ1) is 14.8. The highest BCUT2D eigenvalue weighted by atomic mass is 16.5. The van der Waals surface area contributed by atoms with Crippen LogP contribution in [0.15, 0.2) is 35.1 Å². The molecule has 0 amide bonds. The second-order valence-corrected chi connectivity index (χ2v) is 4.63. The lowest BCUT2D eigenvalue weighted by Crippen LogP contribution is -2.29. The second-order valence-electron chi connectivity index (χ2n) is 4.63. The van der Waals surface area contributed by atoms with Crippen LogP contribution in [0.25, 0.3) is 11.3 Å². The van der Waals surface area contributed by atoms with Gasteiger partial charge in [0.25, 0.3) is 5.56 Å². The van der Waals surface area contributed by atoms with Crippen molar-refractivity contribution in [2.75, 3.05) is 6.61 Å². The molecule has 0 aliphatic carbocycles. The molecule has 1 aromatic heterocycles. The van der Waals surface area contributed by atoms with Crippen molar-refractivity contribution in [1.82, 2.24) is 9.78 Å². The van der Waals surface area contributed by atoms with E-state index >= 15 is 0 Å². The van der Waals surface area contributed by atoms with Crippen LogP contribution in [-0.4, -0.2) is 22.2 Å². The van der Waals surface area contributed by atoms with E-state index in [4.69, 9.17) is 15.9 Å². The Bertz CT molecular complexity index is 722. The summed E-state index contributed by atoms with van der Waals surface area (Å²) in [5.74, 6) is 0.422. The van der Waals surface area contributed by atoms with E-state index in [1.165, 1.54) is 17.8 Å². The molecule has 0 spiro atoms. The van der Waals surface area contributed by atoms with Crippen LogP contribution in [0, 0.1) is 5.41 Å². The molecule has 0 atom stereocenters. The molecule has 0 fully saturated rings. The van der Waals surface area contributed by atoms with Gasteiger partial charge in [0.05, 0.1) is 17.9 Å². The minimum Gasteiger partial charge on any atom is -0.493 e. The molecule has 110 valence electrons. The van der Waals surface area contributed by atoms with Crippen molar-refractivity contribution in [2.24, 2.45) is 12.8 Å². The number of aromatic nitrogens is 2. The van der Waals surface area contributed by atoms with Crippen LogP contribution in [-0.2, 0) is 7.05 Å². The van der Waals surface area contributed by atoms with E-state index in [1.807, 2.05) is 31.2 Å². The number of amidine groups is 1. The average Bonchev–Trinajstić information content (AvgIpc) is 2.47. The first-order valence-corrected chi connectivity index (χ1v) is 6.69. The summed E-state index contributed by atoms with van der Waals surface area (Å²) in [6.45, 7) is 2.63. The summed E-state index contributed by atoms with van der Waals surface area (Å²) in [5.41, 5.74) is 6.52. The molecule has 2 rings (SSSR count). The fourth-order valence-corrected chi connectivity index (χ4v) is 1.95. The van der Waals surface area contributed by atoms with Crippen LogP contribution in [0.3, 0.4) is 0 Å². The minimum absolute atomic E-state index is 0.132. The topological polar surface area (TPSA) is 94.0 Å². The van der Waals surface area contributed by atoms with E-state index in [0.717, 1.165) is 12.0 Å². The van der Waals surface area contributed by atoms with Crippen molar-refractivity contribution < 1.29 is 4.74 Å². The van der Waals surface area contributed by atoms with Gasteiger partial charge in [0.15, 0.2) is 0 Å². The van der Waals surface area contributed by atoms with Gasteiger partial charge in [-0.15, -0.1) is 0 Å². The number of hydrogen-bond acceptors (Lipinski definition) is 4. The molecule has 2 aromatic rings. The fourth-order valence-electron chi connectivity index (χ4n) is 1.95. The molecule has 6 nitrogen and oxygen atoms in total. The Hall–Kier alpha value is -2.63. The Balaban J connectivity index is 2.57. The molecule has 21 heavy (non-hydrogen) atoms. The first-order chi connectivity index (χ1) is 10.0. The molecule has 0 unspecified atom stereocenters. The maximum atomic E-state index is 11.9. The van der Waals surface area contributed by atoms with Crippen LogP contribution in [0.4, 0.5) is 0 Å². The monoisotopic (exact) mass is 286 g/mol. The molecule has 3 N–H and O–H groups in total. The summed E-state index contributed by atoms with van der Waals surface area (Å²) in [4.78, 5) is 11.9. The maximum absolute atomic E-state index is 11.9. The lowest BCUT2D eigenvalue weighted by molar-refractivity contribution is 0.318. The lowest BCUT2D eigenvalue weighted by Gasteiger charge is -2.12. The molecule has 1 aromatic carbocycles. The van der Waals surface area contributed by atoms with E-state index in [2.05, 4.69) is 5.10 Å². The number of nitrogen functional groups attached to an aromatic ring is 1. The van der Waals surface area contributed by atoms with Gasteiger partial charge in [0.1, 0.15) is 11.6 Å². The number of rotatable bonds is 5. The summed E-state index contributed by atoms with van der Waals surface area (Å²) in [6.07, 6.45) is 0.897. The Labute approximate surface area is 122 Å². The van der Waals surface area contributed by atoms with Crippen molar-refractivity contribution >= 4 is 5.84 Å². The number of nitrogens with zero attached hydrogens (tertiary/aromatic N) is 2. The van der Waals surface area contributed by atoms with E-state index in [-0.39, 0.29) is 11.4 Å². The number of hydrogen-bond donors (Lipinski definition) is 2. The van der Waals surface area contributed by atoms with Crippen LogP contribution in [0.1, 0.15) is 18.9 Å². The number of para-hydroxylation sites is 1. The standard InChI is InChI=1S/C15H18N4O2/c1-3-8-21-13-7-5-4-6-10(13)12-9-11(14(16)17)15(20)19(2)18-12/h4-7,9H,3,8H2,1-2H3,(H3,16,17). The van der Waals surface area contributed by atoms with Gasteiger partial charge >= 0.3 is 0 Å². The Kier molecular flexibility index (Phi) is 4.37. The van der Waals surface area contributed by atoms with Gasteiger partial charge in [-0.2, -0.15) is 5.10 Å². The van der Waals surface area contributed by atoms with E-state index in [1.54, 1.807) is 0 Å². The van der Waals surface area contributed by atoms with Crippen molar-refractivity contribution in [1.29, 1.82) is 5.41 Å². The molecule has 0 radical (unpaired) electrons. The molecule has 0 aliphatic rings. The first-order valence-electron chi connectivity index (χ1n) is 6.69. The molecule has 0 saturated carbocycles. The highest BCUT2D eigenvalue weighted by Gasteiger charge is 2.13. The zero-order valence-corrected chi connectivity index (χ0v) is 12.1. The highest BCUT2D eigenvalue weighted by Crippen LogP contribution is 2.28. The minimum atomic E-state index is -0.391. The van der Waals surface area contributed by atoms with E-state index in [9.17, 15) is 4.79 Å². The van der Waals surface area contributed by atoms with Gasteiger partial charge in [-0.3, -0.25) is 10.2 Å². The number of nitrogens with two attached hydrogens (primary N) is 1. The van der Waals surface area contributed by atoms with Crippen molar-refractivity contribution in [3.05, 3.63) is 46.2 Å². The maximum Gasteiger partial charge on any atom is 0.277 e. The smallest absolute Gasteiger partial charge is 0.277 e. The van der Waals surface area contributed by atoms with Crippen LogP contribution in [0.2, 0.25) is 0 Å². The Morgan fingerprint density at radius 3 is 2.81 bits per heavy atom. The number of ether oxygens (including phenoxy) is 1. The predicted molar refractivity (Wildman–Crippen MR) is 81.7 cm³/mol. The molecule has 0 bridgehead atoms. The summed E-state index contributed by atoms with van der Waals surface area (Å²) >= 11 is 0. The normalized spacial score (nSPS) is 10.4. The van der Waals surface area contributed by atoms with Crippen molar-refractivity contribution in [3.8, 4) is 17.0 Å². The number of aryl methyl sites for hydroxylation is 1. The number of benzene rings is 1. The molecule has 0 saturated heterocycles. The Morgan fingerprint density at radius 1 is 1.43 bits per heavy atom. The van der Waals surface area contributed by atoms with Crippen molar-refractivity contribution in [2.45, 2.75) is 13.3 Å². The summed E-state index contributed by atoms with van der Waals surface area (Å²) in [6, 6.07) is 8.99. The molecular weight excluding hydrogens is 268 g/mol. The van der Waals surface area contributed by atoms with Gasteiger partial charge in [-0.1, -0.05) is 19.1 Å². The quantitative estimate of drug-likeness (QED) is 0.643. The molecule has 1 heterocycles. The summed E-state index contributed by atoms with van der Waals surface area (Å²) in [5, 5.41) is 11.7. The third-order valence-electron chi connectivity index (χ3n) is 2.98. The van der Waals surface area contributed by atoms with E-state index in [0.29, 0.717) is 18.1 Å². The van der Waals surface area contributed by atoms with Gasteiger partial charge in [-0.05, 0) is 24.6 Å². The van der Waals surface area contributed by atoms with Gasteiger partial charge in [-0.25, -0.2) is 4.68 Å². The van der Waals surface area contributed by atoms with Crippen LogP contribution >= 0.6 is 0 Å². The molecule has 0 aliphatic heterocycles. The fraction of sp³-hybridized carbons (Fsp3) is 0.267.